The lowest BCUT2D eigenvalue weighted by molar-refractivity contribution is -0.142. The highest BCUT2D eigenvalue weighted by molar-refractivity contribution is 7.91. The van der Waals surface area contributed by atoms with Gasteiger partial charge in [-0.1, -0.05) is 0 Å². The van der Waals surface area contributed by atoms with Crippen LogP contribution in [-0.2, 0) is 26.2 Å². The van der Waals surface area contributed by atoms with E-state index in [2.05, 4.69) is 5.32 Å². The maximum atomic E-state index is 12.6. The Hall–Kier alpha value is -1.45. The summed E-state index contributed by atoms with van der Waals surface area (Å²) in [6, 6.07) is 3.16. The molecule has 7 nitrogen and oxygen atoms in total. The van der Waals surface area contributed by atoms with E-state index in [4.69, 9.17) is 5.11 Å². The van der Waals surface area contributed by atoms with E-state index in [-0.39, 0.29) is 23.2 Å². The maximum Gasteiger partial charge on any atom is 0.307 e. The van der Waals surface area contributed by atoms with Gasteiger partial charge in [0.1, 0.15) is 4.21 Å². The van der Waals surface area contributed by atoms with Crippen LogP contribution >= 0.6 is 11.3 Å². The zero-order chi connectivity index (χ0) is 16.3. The number of aliphatic carboxylic acids is 1. The molecule has 0 radical (unpaired) electrons. The Labute approximate surface area is 133 Å². The Morgan fingerprint density at radius 1 is 1.45 bits per heavy atom. The lowest BCUT2D eigenvalue weighted by atomic mass is 10.0. The van der Waals surface area contributed by atoms with Crippen LogP contribution in [0.1, 0.15) is 24.6 Å². The third kappa shape index (κ3) is 3.84. The van der Waals surface area contributed by atoms with E-state index in [0.717, 1.165) is 16.2 Å². The normalized spacial score (nSPS) is 19.8. The van der Waals surface area contributed by atoms with E-state index in [0.29, 0.717) is 19.4 Å². The first-order valence-electron chi connectivity index (χ1n) is 6.87. The van der Waals surface area contributed by atoms with Crippen LogP contribution in [0.5, 0.6) is 0 Å². The molecule has 1 aliphatic heterocycles. The predicted octanol–water partition coefficient (Wildman–Crippen LogP) is 0.869. The second kappa shape index (κ2) is 6.76. The van der Waals surface area contributed by atoms with Crippen LogP contribution in [0.2, 0.25) is 0 Å². The van der Waals surface area contributed by atoms with Crippen molar-refractivity contribution in [1.82, 2.24) is 9.62 Å². The second-order valence-electron chi connectivity index (χ2n) is 5.17. The first-order valence-corrected chi connectivity index (χ1v) is 9.12. The standard InChI is InChI=1S/C13H18N2O5S2/c1-9(16)14-7-11-4-5-12(21-11)22(19,20)15-6-2-3-10(8-15)13(17)18/h4-5,10H,2-3,6-8H2,1H3,(H,14,16)(H,17,18). The molecule has 0 saturated carbocycles. The summed E-state index contributed by atoms with van der Waals surface area (Å²) in [4.78, 5) is 22.7. The van der Waals surface area contributed by atoms with Gasteiger partial charge < -0.3 is 10.4 Å². The zero-order valence-electron chi connectivity index (χ0n) is 12.1. The molecule has 9 heteroatoms. The van der Waals surface area contributed by atoms with Crippen molar-refractivity contribution >= 4 is 33.2 Å². The highest BCUT2D eigenvalue weighted by atomic mass is 32.2. The number of amides is 1. The summed E-state index contributed by atoms with van der Waals surface area (Å²) in [7, 11) is -3.67. The molecule has 1 aromatic rings. The van der Waals surface area contributed by atoms with Gasteiger partial charge in [0.2, 0.25) is 5.91 Å². The smallest absolute Gasteiger partial charge is 0.307 e. The molecule has 0 aliphatic carbocycles. The van der Waals surface area contributed by atoms with Crippen LogP contribution in [-0.4, -0.2) is 42.8 Å². The first-order chi connectivity index (χ1) is 10.3. The topological polar surface area (TPSA) is 104 Å². The number of thiophene rings is 1. The van der Waals surface area contributed by atoms with Gasteiger partial charge in [-0.05, 0) is 25.0 Å². The van der Waals surface area contributed by atoms with Crippen LogP contribution in [0.3, 0.4) is 0 Å². The fraction of sp³-hybridized carbons (Fsp3) is 0.538. The third-order valence-corrected chi connectivity index (χ3v) is 6.89. The van der Waals surface area contributed by atoms with Crippen molar-refractivity contribution in [2.75, 3.05) is 13.1 Å². The van der Waals surface area contributed by atoms with E-state index in [1.54, 1.807) is 6.07 Å². The van der Waals surface area contributed by atoms with E-state index >= 15 is 0 Å². The van der Waals surface area contributed by atoms with Gasteiger partial charge in [0, 0.05) is 24.9 Å². The molecule has 0 spiro atoms. The van der Waals surface area contributed by atoms with Gasteiger partial charge in [-0.15, -0.1) is 11.3 Å². The summed E-state index contributed by atoms with van der Waals surface area (Å²) >= 11 is 1.09. The van der Waals surface area contributed by atoms with Gasteiger partial charge in [0.15, 0.2) is 0 Å². The fourth-order valence-electron chi connectivity index (χ4n) is 2.29. The molecule has 1 saturated heterocycles. The number of carbonyl (C=O) groups excluding carboxylic acids is 1. The molecule has 1 aliphatic rings. The second-order valence-corrected chi connectivity index (χ2v) is 8.50. The Balaban J connectivity index is 2.12. The van der Waals surface area contributed by atoms with Gasteiger partial charge in [-0.2, -0.15) is 4.31 Å². The highest BCUT2D eigenvalue weighted by Crippen LogP contribution is 2.28. The van der Waals surface area contributed by atoms with Crippen molar-refractivity contribution in [3.05, 3.63) is 17.0 Å². The van der Waals surface area contributed by atoms with Gasteiger partial charge in [0.25, 0.3) is 10.0 Å². The monoisotopic (exact) mass is 346 g/mol. The summed E-state index contributed by atoms with van der Waals surface area (Å²) in [6.45, 7) is 2.03. The third-order valence-electron chi connectivity index (χ3n) is 3.48. The van der Waals surface area contributed by atoms with Gasteiger partial charge >= 0.3 is 5.97 Å². The van der Waals surface area contributed by atoms with Crippen molar-refractivity contribution in [1.29, 1.82) is 0 Å². The van der Waals surface area contributed by atoms with Crippen LogP contribution in [0.15, 0.2) is 16.3 Å². The molecular formula is C13H18N2O5S2. The number of sulfonamides is 1. The van der Waals surface area contributed by atoms with Gasteiger partial charge in [-0.3, -0.25) is 9.59 Å². The lowest BCUT2D eigenvalue weighted by Gasteiger charge is -2.29. The molecule has 22 heavy (non-hydrogen) atoms. The van der Waals surface area contributed by atoms with Crippen molar-refractivity contribution in [3.63, 3.8) is 0 Å². The number of nitrogens with zero attached hydrogens (tertiary/aromatic N) is 1. The minimum atomic E-state index is -3.67. The summed E-state index contributed by atoms with van der Waals surface area (Å²) < 4.78 is 26.5. The molecule has 1 aromatic heterocycles. The molecule has 2 N–H and O–H groups in total. The SMILES string of the molecule is CC(=O)NCc1ccc(S(=O)(=O)N2CCCC(C(=O)O)C2)s1. The number of carboxylic acid groups (broad SMARTS) is 1. The van der Waals surface area contributed by atoms with E-state index in [1.807, 2.05) is 0 Å². The quantitative estimate of drug-likeness (QED) is 0.823. The Morgan fingerprint density at radius 3 is 2.82 bits per heavy atom. The summed E-state index contributed by atoms with van der Waals surface area (Å²) in [5.74, 6) is -1.79. The Kier molecular flexibility index (Phi) is 5.20. The lowest BCUT2D eigenvalue weighted by Crippen LogP contribution is -2.42. The molecule has 1 amide bonds. The molecule has 0 bridgehead atoms. The molecule has 2 rings (SSSR count). The molecule has 1 unspecified atom stereocenters. The van der Waals surface area contributed by atoms with Crippen LogP contribution in [0.25, 0.3) is 0 Å². The number of hydrogen-bond acceptors (Lipinski definition) is 5. The molecular weight excluding hydrogens is 328 g/mol. The van der Waals surface area contributed by atoms with Gasteiger partial charge in [-0.25, -0.2) is 8.42 Å². The molecule has 2 heterocycles. The molecule has 1 atom stereocenters. The minimum absolute atomic E-state index is 0.0105. The number of carboxylic acids is 1. The van der Waals surface area contributed by atoms with E-state index in [9.17, 15) is 18.0 Å². The summed E-state index contributed by atoms with van der Waals surface area (Å²) in [5, 5.41) is 11.7. The van der Waals surface area contributed by atoms with Gasteiger partial charge in [0.05, 0.1) is 12.5 Å². The van der Waals surface area contributed by atoms with Crippen molar-refractivity contribution in [2.24, 2.45) is 5.92 Å². The fourth-order valence-corrected chi connectivity index (χ4v) is 5.27. The minimum Gasteiger partial charge on any atom is -0.481 e. The van der Waals surface area contributed by atoms with Crippen LogP contribution in [0.4, 0.5) is 0 Å². The Morgan fingerprint density at radius 2 is 2.18 bits per heavy atom. The van der Waals surface area contributed by atoms with E-state index < -0.39 is 21.9 Å². The predicted molar refractivity (Wildman–Crippen MR) is 81.0 cm³/mol. The molecule has 122 valence electrons. The number of rotatable bonds is 5. The highest BCUT2D eigenvalue weighted by Gasteiger charge is 2.33. The average Bonchev–Trinajstić information content (AvgIpc) is 2.95. The number of carbonyl (C=O) groups is 2. The number of hydrogen-bond donors (Lipinski definition) is 2. The number of nitrogens with one attached hydrogen (secondary N) is 1. The maximum absolute atomic E-state index is 12.6. The number of piperidine rings is 1. The average molecular weight is 346 g/mol. The van der Waals surface area contributed by atoms with Crippen molar-refractivity contribution in [3.8, 4) is 0 Å². The largest absolute Gasteiger partial charge is 0.481 e. The first kappa shape index (κ1) is 16.9. The summed E-state index contributed by atoms with van der Waals surface area (Å²) in [6.07, 6.45) is 1.04. The van der Waals surface area contributed by atoms with E-state index in [1.165, 1.54) is 17.3 Å². The zero-order valence-corrected chi connectivity index (χ0v) is 13.7. The Bertz CT molecular complexity index is 668. The summed E-state index contributed by atoms with van der Waals surface area (Å²) in [5.41, 5.74) is 0. The van der Waals surface area contributed by atoms with Crippen molar-refractivity contribution in [2.45, 2.75) is 30.5 Å². The van der Waals surface area contributed by atoms with Crippen LogP contribution < -0.4 is 5.32 Å². The molecule has 1 fully saturated rings. The molecule has 0 aromatic carbocycles. The van der Waals surface area contributed by atoms with Crippen LogP contribution in [0, 0.1) is 5.92 Å². The van der Waals surface area contributed by atoms with Crippen molar-refractivity contribution < 1.29 is 23.1 Å².